The first kappa shape index (κ1) is 13.7. The molecule has 2 aliphatic heterocycles. The third-order valence-electron chi connectivity index (χ3n) is 3.92. The van der Waals surface area contributed by atoms with Gasteiger partial charge in [0.1, 0.15) is 13.2 Å². The monoisotopic (exact) mass is 279 g/mol. The van der Waals surface area contributed by atoms with Gasteiger partial charge in [0.25, 0.3) is 0 Å². The molecule has 0 saturated carbocycles. The van der Waals surface area contributed by atoms with E-state index in [1.54, 1.807) is 0 Å². The van der Waals surface area contributed by atoms with E-state index in [1.165, 1.54) is 0 Å². The minimum Gasteiger partial charge on any atom is -0.486 e. The number of fused-ring (bicyclic) bond motifs is 1. The Bertz CT molecular complexity index is 465. The smallest absolute Gasteiger partial charge is 0.161 e. The summed E-state index contributed by atoms with van der Waals surface area (Å²) < 4.78 is 11.0. The van der Waals surface area contributed by atoms with E-state index in [0.29, 0.717) is 31.9 Å². The quantitative estimate of drug-likeness (QED) is 0.859. The molecule has 1 fully saturated rings. The highest BCUT2D eigenvalue weighted by Crippen LogP contribution is 2.33. The van der Waals surface area contributed by atoms with E-state index < -0.39 is 6.10 Å². The molecule has 0 bridgehead atoms. The summed E-state index contributed by atoms with van der Waals surface area (Å²) in [7, 11) is 0. The Morgan fingerprint density at radius 3 is 2.80 bits per heavy atom. The van der Waals surface area contributed by atoms with Gasteiger partial charge < -0.3 is 24.6 Å². The number of β-amino-alcohol motifs (C(OH)–C–C–N with tert-alkyl or cyclic N) is 1. The predicted octanol–water partition coefficient (Wildman–Crippen LogP) is 0.948. The van der Waals surface area contributed by atoms with Gasteiger partial charge in [0, 0.05) is 19.6 Å². The van der Waals surface area contributed by atoms with Crippen molar-refractivity contribution in [2.24, 2.45) is 0 Å². The van der Waals surface area contributed by atoms with Crippen LogP contribution in [-0.2, 0) is 0 Å². The van der Waals surface area contributed by atoms with E-state index in [-0.39, 0.29) is 6.10 Å². The topological polar surface area (TPSA) is 62.2 Å². The summed E-state index contributed by atoms with van der Waals surface area (Å²) in [5, 5.41) is 19.7. The first-order valence-corrected chi connectivity index (χ1v) is 7.20. The molecule has 5 nitrogen and oxygen atoms in total. The highest BCUT2D eigenvalue weighted by molar-refractivity contribution is 5.44. The zero-order valence-corrected chi connectivity index (χ0v) is 11.5. The van der Waals surface area contributed by atoms with Gasteiger partial charge in [-0.2, -0.15) is 0 Å². The lowest BCUT2D eigenvalue weighted by atomic mass is 10.1. The van der Waals surface area contributed by atoms with Crippen LogP contribution in [0.3, 0.4) is 0 Å². The van der Waals surface area contributed by atoms with Crippen molar-refractivity contribution >= 4 is 0 Å². The molecule has 2 N–H and O–H groups in total. The molecule has 1 aromatic carbocycles. The molecule has 0 spiro atoms. The lowest BCUT2D eigenvalue weighted by Gasteiger charge is -2.21. The van der Waals surface area contributed by atoms with E-state index in [0.717, 1.165) is 30.8 Å². The summed E-state index contributed by atoms with van der Waals surface area (Å²) in [5.74, 6) is 1.46. The summed E-state index contributed by atoms with van der Waals surface area (Å²) >= 11 is 0. The van der Waals surface area contributed by atoms with Gasteiger partial charge in [-0.3, -0.25) is 0 Å². The highest BCUT2D eigenvalue weighted by atomic mass is 16.6. The van der Waals surface area contributed by atoms with E-state index in [4.69, 9.17) is 9.47 Å². The maximum Gasteiger partial charge on any atom is 0.161 e. The molecule has 1 saturated heterocycles. The fraction of sp³-hybridized carbons (Fsp3) is 0.600. The Hall–Kier alpha value is -1.30. The third-order valence-corrected chi connectivity index (χ3v) is 3.92. The molecule has 5 heteroatoms. The Kier molecular flexibility index (Phi) is 4.10. The van der Waals surface area contributed by atoms with Crippen molar-refractivity contribution in [3.63, 3.8) is 0 Å². The van der Waals surface area contributed by atoms with Crippen LogP contribution >= 0.6 is 0 Å². The first-order chi connectivity index (χ1) is 9.72. The molecule has 0 aliphatic carbocycles. The molecule has 3 rings (SSSR count). The van der Waals surface area contributed by atoms with Crippen LogP contribution in [0.1, 0.15) is 24.5 Å². The normalized spacial score (nSPS) is 23.8. The van der Waals surface area contributed by atoms with Gasteiger partial charge in [-0.05, 0) is 30.5 Å². The van der Waals surface area contributed by atoms with Gasteiger partial charge in [-0.15, -0.1) is 0 Å². The Morgan fingerprint density at radius 2 is 2.05 bits per heavy atom. The Balaban J connectivity index is 1.58. The second kappa shape index (κ2) is 5.99. The number of benzene rings is 1. The number of rotatable bonds is 4. The van der Waals surface area contributed by atoms with Crippen LogP contribution in [0.2, 0.25) is 0 Å². The lowest BCUT2D eigenvalue weighted by molar-refractivity contribution is 0.136. The predicted molar refractivity (Wildman–Crippen MR) is 74.1 cm³/mol. The van der Waals surface area contributed by atoms with Crippen LogP contribution in [0.5, 0.6) is 11.5 Å². The second-order valence-corrected chi connectivity index (χ2v) is 5.45. The Morgan fingerprint density at radius 1 is 1.25 bits per heavy atom. The number of hydrogen-bond acceptors (Lipinski definition) is 5. The zero-order chi connectivity index (χ0) is 13.9. The van der Waals surface area contributed by atoms with Gasteiger partial charge in [0.05, 0.1) is 12.2 Å². The molecule has 1 aromatic rings. The van der Waals surface area contributed by atoms with Crippen LogP contribution in [0.4, 0.5) is 0 Å². The molecule has 0 aromatic heterocycles. The molecule has 2 heterocycles. The van der Waals surface area contributed by atoms with Crippen LogP contribution in [-0.4, -0.2) is 54.1 Å². The third kappa shape index (κ3) is 3.06. The van der Waals surface area contributed by atoms with E-state index in [9.17, 15) is 10.2 Å². The summed E-state index contributed by atoms with van der Waals surface area (Å²) in [6.07, 6.45) is 0.775. The molecule has 2 atom stereocenters. The number of aliphatic hydroxyl groups is 2. The van der Waals surface area contributed by atoms with Gasteiger partial charge in [0.15, 0.2) is 11.5 Å². The van der Waals surface area contributed by atoms with Gasteiger partial charge >= 0.3 is 0 Å². The summed E-state index contributed by atoms with van der Waals surface area (Å²) in [6, 6.07) is 5.60. The van der Waals surface area contributed by atoms with Crippen molar-refractivity contribution in [3.8, 4) is 11.5 Å². The molecule has 0 unspecified atom stereocenters. The summed E-state index contributed by atoms with van der Waals surface area (Å²) in [4.78, 5) is 2.19. The van der Waals surface area contributed by atoms with Crippen molar-refractivity contribution in [2.75, 3.05) is 32.8 Å². The summed E-state index contributed by atoms with van der Waals surface area (Å²) in [6.45, 7) is 3.56. The summed E-state index contributed by atoms with van der Waals surface area (Å²) in [5.41, 5.74) is 0.856. The lowest BCUT2D eigenvalue weighted by Crippen LogP contribution is -2.24. The zero-order valence-electron chi connectivity index (χ0n) is 11.5. The first-order valence-electron chi connectivity index (χ1n) is 7.20. The second-order valence-electron chi connectivity index (χ2n) is 5.45. The van der Waals surface area contributed by atoms with E-state index in [1.807, 2.05) is 18.2 Å². The van der Waals surface area contributed by atoms with E-state index >= 15 is 0 Å². The number of hydrogen-bond donors (Lipinski definition) is 2. The van der Waals surface area contributed by atoms with Gasteiger partial charge in [0.2, 0.25) is 0 Å². The molecular formula is C15H21NO4. The van der Waals surface area contributed by atoms with Crippen molar-refractivity contribution < 1.29 is 19.7 Å². The Labute approximate surface area is 118 Å². The molecule has 0 amide bonds. The van der Waals surface area contributed by atoms with Gasteiger partial charge in [-0.25, -0.2) is 0 Å². The fourth-order valence-electron chi connectivity index (χ4n) is 2.75. The average molecular weight is 279 g/mol. The minimum atomic E-state index is -0.511. The number of ether oxygens (including phenoxy) is 2. The van der Waals surface area contributed by atoms with E-state index in [2.05, 4.69) is 4.90 Å². The molecule has 110 valence electrons. The maximum atomic E-state index is 10.3. The standard InChI is InChI=1S/C15H21NO4/c17-12-3-5-16(10-12)6-4-13(18)11-1-2-14-15(9-11)20-8-7-19-14/h1-2,9,12-13,17-18H,3-8,10H2/t12-,13+/m0/s1. The fourth-order valence-corrected chi connectivity index (χ4v) is 2.75. The van der Waals surface area contributed by atoms with Crippen molar-refractivity contribution in [1.29, 1.82) is 0 Å². The number of likely N-dealkylation sites (tertiary alicyclic amines) is 1. The maximum absolute atomic E-state index is 10.3. The number of aliphatic hydroxyl groups excluding tert-OH is 2. The highest BCUT2D eigenvalue weighted by Gasteiger charge is 2.21. The van der Waals surface area contributed by atoms with Crippen LogP contribution in [0.25, 0.3) is 0 Å². The number of nitrogens with zero attached hydrogens (tertiary/aromatic N) is 1. The molecule has 2 aliphatic rings. The van der Waals surface area contributed by atoms with Crippen molar-refractivity contribution in [1.82, 2.24) is 4.90 Å². The molecule has 20 heavy (non-hydrogen) atoms. The largest absolute Gasteiger partial charge is 0.486 e. The molecule has 0 radical (unpaired) electrons. The van der Waals surface area contributed by atoms with Crippen LogP contribution in [0.15, 0.2) is 18.2 Å². The van der Waals surface area contributed by atoms with Gasteiger partial charge in [-0.1, -0.05) is 6.07 Å². The van der Waals surface area contributed by atoms with Crippen molar-refractivity contribution in [3.05, 3.63) is 23.8 Å². The minimum absolute atomic E-state index is 0.207. The van der Waals surface area contributed by atoms with Crippen LogP contribution in [0, 0.1) is 0 Å². The van der Waals surface area contributed by atoms with Crippen LogP contribution < -0.4 is 9.47 Å². The average Bonchev–Trinajstić information content (AvgIpc) is 2.90. The van der Waals surface area contributed by atoms with Crippen molar-refractivity contribution in [2.45, 2.75) is 25.0 Å². The molecular weight excluding hydrogens is 258 g/mol. The SMILES string of the molecule is O[C@H]1CCN(CC[C@@H](O)c2ccc3c(c2)OCCO3)C1.